The Morgan fingerprint density at radius 2 is 2.36 bits per heavy atom. The minimum Gasteiger partial charge on any atom is -0.482 e. The van der Waals surface area contributed by atoms with Gasteiger partial charge in [-0.05, 0) is 37.0 Å². The van der Waals surface area contributed by atoms with E-state index in [0.717, 1.165) is 24.1 Å². The minimum atomic E-state index is -0.170. The molecule has 128 valence electrons. The Morgan fingerprint density at radius 3 is 3.20 bits per heavy atom. The highest BCUT2D eigenvalue weighted by molar-refractivity contribution is 7.14. The average Bonchev–Trinajstić information content (AvgIpc) is 3.26. The predicted octanol–water partition coefficient (Wildman–Crippen LogP) is 3.44. The van der Waals surface area contributed by atoms with Gasteiger partial charge in [0.2, 0.25) is 5.91 Å². The van der Waals surface area contributed by atoms with Crippen LogP contribution in [0.4, 0.5) is 10.8 Å². The Kier molecular flexibility index (Phi) is 4.23. The van der Waals surface area contributed by atoms with Crippen molar-refractivity contribution < 1.29 is 14.3 Å². The maximum Gasteiger partial charge on any atom is 0.262 e. The van der Waals surface area contributed by atoms with Crippen molar-refractivity contribution in [3.05, 3.63) is 35.7 Å². The lowest BCUT2D eigenvalue weighted by atomic mass is 10.1. The summed E-state index contributed by atoms with van der Waals surface area (Å²) in [6.07, 6.45) is 6.82. The van der Waals surface area contributed by atoms with Crippen molar-refractivity contribution in [2.24, 2.45) is 5.92 Å². The second kappa shape index (κ2) is 6.68. The Balaban J connectivity index is 1.45. The third-order valence-electron chi connectivity index (χ3n) is 4.22. The number of ether oxygens (including phenoxy) is 1. The van der Waals surface area contributed by atoms with Crippen LogP contribution in [0.1, 0.15) is 19.3 Å². The van der Waals surface area contributed by atoms with Crippen LogP contribution >= 0.6 is 11.3 Å². The molecule has 4 rings (SSSR count). The molecule has 25 heavy (non-hydrogen) atoms. The zero-order valence-electron chi connectivity index (χ0n) is 13.5. The fourth-order valence-electron chi connectivity index (χ4n) is 2.98. The fourth-order valence-corrected chi connectivity index (χ4v) is 3.72. The lowest BCUT2D eigenvalue weighted by molar-refractivity contribution is -0.118. The number of hydrogen-bond donors (Lipinski definition) is 2. The number of anilines is 2. The lowest BCUT2D eigenvalue weighted by Gasteiger charge is -2.18. The van der Waals surface area contributed by atoms with Crippen LogP contribution in [0.15, 0.2) is 35.7 Å². The van der Waals surface area contributed by atoms with E-state index in [2.05, 4.69) is 27.8 Å². The second-order valence-electron chi connectivity index (χ2n) is 6.10. The number of rotatable bonds is 4. The van der Waals surface area contributed by atoms with Gasteiger partial charge in [0.15, 0.2) is 11.7 Å². The zero-order chi connectivity index (χ0) is 17.2. The van der Waals surface area contributed by atoms with Crippen molar-refractivity contribution in [2.45, 2.75) is 19.3 Å². The first-order chi connectivity index (χ1) is 12.2. The van der Waals surface area contributed by atoms with Crippen LogP contribution in [-0.2, 0) is 9.59 Å². The molecular formula is C18H17N3O3S. The molecule has 2 amide bonds. The van der Waals surface area contributed by atoms with Crippen molar-refractivity contribution in [1.82, 2.24) is 4.98 Å². The fraction of sp³-hybridized carbons (Fsp3) is 0.278. The molecule has 1 aliphatic carbocycles. The molecule has 0 bridgehead atoms. The average molecular weight is 355 g/mol. The van der Waals surface area contributed by atoms with Crippen molar-refractivity contribution in [3.8, 4) is 17.0 Å². The summed E-state index contributed by atoms with van der Waals surface area (Å²) in [5.41, 5.74) is 2.25. The van der Waals surface area contributed by atoms with Gasteiger partial charge in [-0.3, -0.25) is 9.59 Å². The lowest BCUT2D eigenvalue weighted by Crippen LogP contribution is -2.25. The quantitative estimate of drug-likeness (QED) is 0.824. The zero-order valence-corrected chi connectivity index (χ0v) is 14.3. The number of aromatic nitrogens is 1. The summed E-state index contributed by atoms with van der Waals surface area (Å²) in [5, 5.41) is 8.12. The van der Waals surface area contributed by atoms with E-state index >= 15 is 0 Å². The first-order valence-electron chi connectivity index (χ1n) is 8.16. The number of allylic oxidation sites excluding steroid dienone is 2. The summed E-state index contributed by atoms with van der Waals surface area (Å²) in [6, 6.07) is 5.53. The first-order valence-corrected chi connectivity index (χ1v) is 9.04. The highest BCUT2D eigenvalue weighted by Crippen LogP contribution is 2.33. The minimum absolute atomic E-state index is 0.0106. The third-order valence-corrected chi connectivity index (χ3v) is 4.98. The molecule has 1 aromatic carbocycles. The standard InChI is InChI=1S/C18H17N3O3S/c22-16(7-11-3-1-2-4-11)21-18-20-14(10-25-18)12-5-6-15-13(8-12)19-17(23)9-24-15/h1,3,5-6,8,10-11H,2,4,7,9H2,(H,19,23)(H,20,21,22)/t11-/m0/s1. The molecule has 6 nitrogen and oxygen atoms in total. The van der Waals surface area contributed by atoms with Crippen molar-refractivity contribution in [2.75, 3.05) is 17.2 Å². The number of thiazole rings is 1. The molecule has 0 spiro atoms. The number of nitrogens with one attached hydrogen (secondary N) is 2. The van der Waals surface area contributed by atoms with Gasteiger partial charge >= 0.3 is 0 Å². The van der Waals surface area contributed by atoms with Gasteiger partial charge in [0.05, 0.1) is 11.4 Å². The normalized spacial score (nSPS) is 18.4. The second-order valence-corrected chi connectivity index (χ2v) is 6.96. The van der Waals surface area contributed by atoms with Gasteiger partial charge in [-0.15, -0.1) is 11.3 Å². The SMILES string of the molecule is O=C(C[C@H]1C=CCC1)Nc1nc(-c2ccc3c(c2)NC(=O)CO3)cs1. The number of hydrogen-bond acceptors (Lipinski definition) is 5. The van der Waals surface area contributed by atoms with Gasteiger partial charge < -0.3 is 15.4 Å². The summed E-state index contributed by atoms with van der Waals surface area (Å²) in [6.45, 7) is 0.0371. The number of nitrogens with zero attached hydrogens (tertiary/aromatic N) is 1. The summed E-state index contributed by atoms with van der Waals surface area (Å²) in [7, 11) is 0. The van der Waals surface area contributed by atoms with Crippen LogP contribution in [-0.4, -0.2) is 23.4 Å². The smallest absolute Gasteiger partial charge is 0.262 e. The van der Waals surface area contributed by atoms with E-state index in [1.807, 2.05) is 23.6 Å². The van der Waals surface area contributed by atoms with Gasteiger partial charge in [-0.2, -0.15) is 0 Å². The highest BCUT2D eigenvalue weighted by atomic mass is 32.1. The van der Waals surface area contributed by atoms with E-state index in [-0.39, 0.29) is 18.4 Å². The topological polar surface area (TPSA) is 80.3 Å². The van der Waals surface area contributed by atoms with Crippen LogP contribution in [0.2, 0.25) is 0 Å². The summed E-state index contributed by atoms with van der Waals surface area (Å²) in [4.78, 5) is 28.0. The highest BCUT2D eigenvalue weighted by Gasteiger charge is 2.18. The van der Waals surface area contributed by atoms with E-state index in [4.69, 9.17) is 4.74 Å². The largest absolute Gasteiger partial charge is 0.482 e. The number of fused-ring (bicyclic) bond motifs is 1. The third kappa shape index (κ3) is 3.56. The van der Waals surface area contributed by atoms with Crippen molar-refractivity contribution >= 4 is 34.0 Å². The Hall–Kier alpha value is -2.67. The Bertz CT molecular complexity index is 859. The Labute approximate surface area is 148 Å². The van der Waals surface area contributed by atoms with Crippen LogP contribution in [0.3, 0.4) is 0 Å². The van der Waals surface area contributed by atoms with Crippen LogP contribution < -0.4 is 15.4 Å². The molecule has 0 fully saturated rings. The first kappa shape index (κ1) is 15.8. The van der Waals surface area contributed by atoms with Gasteiger partial charge in [0.25, 0.3) is 5.91 Å². The molecule has 0 saturated heterocycles. The molecule has 1 aromatic heterocycles. The maximum absolute atomic E-state index is 12.1. The van der Waals surface area contributed by atoms with Gasteiger partial charge in [0, 0.05) is 17.4 Å². The number of carbonyl (C=O) groups excluding carboxylic acids is 2. The molecule has 2 N–H and O–H groups in total. The number of amides is 2. The predicted molar refractivity (Wildman–Crippen MR) is 96.8 cm³/mol. The molecule has 0 radical (unpaired) electrons. The van der Waals surface area contributed by atoms with Gasteiger partial charge in [-0.25, -0.2) is 4.98 Å². The monoisotopic (exact) mass is 355 g/mol. The van der Waals surface area contributed by atoms with E-state index in [9.17, 15) is 9.59 Å². The molecule has 0 saturated carbocycles. The van der Waals surface area contributed by atoms with Crippen LogP contribution in [0.5, 0.6) is 5.75 Å². The molecule has 0 unspecified atom stereocenters. The molecular weight excluding hydrogens is 338 g/mol. The summed E-state index contributed by atoms with van der Waals surface area (Å²) >= 11 is 1.39. The number of carbonyl (C=O) groups is 2. The Morgan fingerprint density at radius 1 is 1.44 bits per heavy atom. The van der Waals surface area contributed by atoms with E-state index in [1.54, 1.807) is 0 Å². The summed E-state index contributed by atoms with van der Waals surface area (Å²) in [5.74, 6) is 0.806. The van der Waals surface area contributed by atoms with Crippen molar-refractivity contribution in [1.29, 1.82) is 0 Å². The molecule has 2 aromatic rings. The molecule has 2 aliphatic rings. The van der Waals surface area contributed by atoms with Crippen molar-refractivity contribution in [3.63, 3.8) is 0 Å². The van der Waals surface area contributed by atoms with E-state index < -0.39 is 0 Å². The number of benzene rings is 1. The molecule has 7 heteroatoms. The maximum atomic E-state index is 12.1. The molecule has 1 atom stereocenters. The van der Waals surface area contributed by atoms with Gasteiger partial charge in [-0.1, -0.05) is 12.2 Å². The van der Waals surface area contributed by atoms with E-state index in [1.165, 1.54) is 11.3 Å². The van der Waals surface area contributed by atoms with Crippen LogP contribution in [0.25, 0.3) is 11.3 Å². The molecule has 1 aliphatic heterocycles. The van der Waals surface area contributed by atoms with E-state index in [0.29, 0.717) is 28.9 Å². The van der Waals surface area contributed by atoms with Crippen LogP contribution in [0, 0.1) is 5.92 Å². The van der Waals surface area contributed by atoms with Gasteiger partial charge in [0.1, 0.15) is 5.75 Å². The molecule has 2 heterocycles. The summed E-state index contributed by atoms with van der Waals surface area (Å²) < 4.78 is 5.36.